The van der Waals surface area contributed by atoms with Gasteiger partial charge in [-0.25, -0.2) is 0 Å². The molecular weight excluding hydrogens is 427 g/mol. The third-order valence-electron chi connectivity index (χ3n) is 5.06. The van der Waals surface area contributed by atoms with Crippen molar-refractivity contribution in [1.29, 1.82) is 0 Å². The number of hydrogen-bond donors (Lipinski definition) is 0. The van der Waals surface area contributed by atoms with E-state index in [-0.39, 0.29) is 16.2 Å². The summed E-state index contributed by atoms with van der Waals surface area (Å²) < 4.78 is 1.49. The molecule has 4 radical (unpaired) electrons. The number of benzene rings is 2. The Labute approximate surface area is 192 Å². The largest absolute Gasteiger partial charge is 0.378 e. The standard InChI is InChI=1S/C15H23Ge.C10H16NSi.CH4/c1-9(2)12-7-13(10(3)4)15(16)14(8-12)11(5)6;1-11(2)9-7-5-6-8-10(9)12(3)4;/h7-11H,1-6H3;5-8H,1-4H3;1H4. The van der Waals surface area contributed by atoms with Crippen LogP contribution in [0.15, 0.2) is 36.4 Å². The molecule has 0 aliphatic carbocycles. The Kier molecular flexibility index (Phi) is 12.2. The number of anilines is 1. The Morgan fingerprint density at radius 3 is 1.55 bits per heavy atom. The van der Waals surface area contributed by atoms with Gasteiger partial charge in [0.15, 0.2) is 0 Å². The topological polar surface area (TPSA) is 3.24 Å². The van der Waals surface area contributed by atoms with Gasteiger partial charge >= 0.3 is 109 Å². The van der Waals surface area contributed by atoms with Crippen molar-refractivity contribution in [3.8, 4) is 0 Å². The van der Waals surface area contributed by atoms with Gasteiger partial charge in [0.2, 0.25) is 0 Å². The molecule has 0 aliphatic heterocycles. The van der Waals surface area contributed by atoms with Crippen LogP contribution in [-0.4, -0.2) is 39.4 Å². The minimum Gasteiger partial charge on any atom is -0.378 e. The number of para-hydroxylation sites is 1. The van der Waals surface area contributed by atoms with Crippen LogP contribution in [0.25, 0.3) is 0 Å². The van der Waals surface area contributed by atoms with Crippen molar-refractivity contribution in [2.45, 2.75) is 79.8 Å². The van der Waals surface area contributed by atoms with E-state index in [0.29, 0.717) is 17.8 Å². The first-order valence-electron chi connectivity index (χ1n) is 10.4. The monoisotopic (exact) mass is 471 g/mol. The molecule has 0 fully saturated rings. The summed E-state index contributed by atoms with van der Waals surface area (Å²) in [5, 5.41) is 1.52. The van der Waals surface area contributed by atoms with Gasteiger partial charge in [-0.15, -0.1) is 0 Å². The Balaban J connectivity index is 0.000000542. The van der Waals surface area contributed by atoms with Gasteiger partial charge in [-0.2, -0.15) is 0 Å². The fraction of sp³-hybridized carbons (Fsp3) is 0.538. The zero-order valence-electron chi connectivity index (χ0n) is 19.6. The van der Waals surface area contributed by atoms with Crippen molar-refractivity contribution >= 4 is 40.6 Å². The van der Waals surface area contributed by atoms with Gasteiger partial charge in [0.1, 0.15) is 0 Å². The molecule has 0 atom stereocenters. The van der Waals surface area contributed by atoms with E-state index in [4.69, 9.17) is 0 Å². The summed E-state index contributed by atoms with van der Waals surface area (Å²) in [6.45, 7) is 18.4. The molecule has 0 spiro atoms. The summed E-state index contributed by atoms with van der Waals surface area (Å²) in [7, 11) is 3.87. The van der Waals surface area contributed by atoms with E-state index in [1.807, 2.05) is 0 Å². The second kappa shape index (κ2) is 12.6. The number of hydrogen-bond acceptors (Lipinski definition) is 1. The Bertz CT molecular complexity index is 692. The predicted molar refractivity (Wildman–Crippen MR) is 139 cm³/mol. The van der Waals surface area contributed by atoms with Crippen molar-refractivity contribution in [2.75, 3.05) is 19.0 Å². The molecule has 160 valence electrons. The molecule has 0 heterocycles. The van der Waals surface area contributed by atoms with Gasteiger partial charge < -0.3 is 4.90 Å². The first kappa shape index (κ1) is 28.0. The molecule has 0 saturated carbocycles. The third kappa shape index (κ3) is 7.97. The predicted octanol–water partition coefficient (Wildman–Crippen LogP) is 6.20. The van der Waals surface area contributed by atoms with Gasteiger partial charge in [-0.05, 0) is 11.3 Å². The Hall–Kier alpha value is -1.00. The maximum atomic E-state index is 2.40. The minimum absolute atomic E-state index is 0. The summed E-state index contributed by atoms with van der Waals surface area (Å²) >= 11 is 2.27. The molecular formula is C26H43GeNSi. The molecule has 2 aromatic rings. The molecule has 0 saturated heterocycles. The SMILES string of the molecule is C.CC(C)c1cc(C(C)C)[c]([Ge])c(C(C)C)c1.CN(C)c1ccccc1[Si](C)C. The zero-order valence-corrected chi connectivity index (χ0v) is 22.7. The molecule has 0 unspecified atom stereocenters. The molecule has 0 amide bonds. The fourth-order valence-corrected chi connectivity index (χ4v) is 6.01. The second-order valence-corrected chi connectivity index (χ2v) is 12.5. The van der Waals surface area contributed by atoms with Crippen LogP contribution < -0.4 is 14.5 Å². The normalized spacial score (nSPS) is 10.9. The van der Waals surface area contributed by atoms with Gasteiger partial charge in [-0.3, -0.25) is 0 Å². The van der Waals surface area contributed by atoms with Crippen molar-refractivity contribution < 1.29 is 0 Å². The van der Waals surface area contributed by atoms with E-state index < -0.39 is 0 Å². The minimum atomic E-state index is -0.328. The fourth-order valence-electron chi connectivity index (χ4n) is 3.24. The Morgan fingerprint density at radius 2 is 1.24 bits per heavy atom. The van der Waals surface area contributed by atoms with E-state index in [0.717, 1.165) is 0 Å². The number of nitrogens with zero attached hydrogens (tertiary/aromatic N) is 1. The molecule has 1 nitrogen and oxygen atoms in total. The van der Waals surface area contributed by atoms with Crippen LogP contribution >= 0.6 is 0 Å². The van der Waals surface area contributed by atoms with E-state index in [1.165, 1.54) is 32.0 Å². The van der Waals surface area contributed by atoms with Crippen LogP contribution in [-0.2, 0) is 0 Å². The summed E-state index contributed by atoms with van der Waals surface area (Å²) in [6, 6.07) is 13.5. The van der Waals surface area contributed by atoms with E-state index in [1.54, 1.807) is 0 Å². The first-order valence-corrected chi connectivity index (χ1v) is 14.0. The van der Waals surface area contributed by atoms with Crippen molar-refractivity contribution in [1.82, 2.24) is 0 Å². The van der Waals surface area contributed by atoms with Crippen molar-refractivity contribution in [3.63, 3.8) is 0 Å². The van der Waals surface area contributed by atoms with Crippen LogP contribution in [0.2, 0.25) is 13.1 Å². The summed E-state index contributed by atoms with van der Waals surface area (Å²) in [5.41, 5.74) is 5.90. The van der Waals surface area contributed by atoms with Crippen molar-refractivity contribution in [2.24, 2.45) is 0 Å². The van der Waals surface area contributed by atoms with Gasteiger partial charge in [0.05, 0.1) is 8.80 Å². The quantitative estimate of drug-likeness (QED) is 0.471. The molecule has 0 aliphatic rings. The molecule has 0 N–H and O–H groups in total. The zero-order chi connectivity index (χ0) is 21.6. The van der Waals surface area contributed by atoms with Crippen LogP contribution in [0.5, 0.6) is 0 Å². The molecule has 2 rings (SSSR count). The molecule has 29 heavy (non-hydrogen) atoms. The van der Waals surface area contributed by atoms with Crippen LogP contribution in [0.3, 0.4) is 0 Å². The maximum Gasteiger partial charge on any atom is 0.0819 e. The maximum absolute atomic E-state index is 2.40. The van der Waals surface area contributed by atoms with Gasteiger partial charge in [0, 0.05) is 19.8 Å². The van der Waals surface area contributed by atoms with E-state index in [9.17, 15) is 0 Å². The van der Waals surface area contributed by atoms with E-state index in [2.05, 4.69) is 127 Å². The van der Waals surface area contributed by atoms with Crippen LogP contribution in [0.4, 0.5) is 5.69 Å². The second-order valence-electron chi connectivity index (χ2n) is 8.95. The first-order chi connectivity index (χ1) is 13.0. The smallest absolute Gasteiger partial charge is 0.0819 e. The summed E-state index contributed by atoms with van der Waals surface area (Å²) in [6.07, 6.45) is 0. The summed E-state index contributed by atoms with van der Waals surface area (Å²) in [5.74, 6) is 1.86. The average molecular weight is 470 g/mol. The molecule has 0 aromatic heterocycles. The van der Waals surface area contributed by atoms with Crippen LogP contribution in [0.1, 0.15) is 83.4 Å². The summed E-state index contributed by atoms with van der Waals surface area (Å²) in [4.78, 5) is 2.19. The van der Waals surface area contributed by atoms with Gasteiger partial charge in [-0.1, -0.05) is 38.7 Å². The van der Waals surface area contributed by atoms with Gasteiger partial charge in [0.25, 0.3) is 0 Å². The molecule has 0 bridgehead atoms. The van der Waals surface area contributed by atoms with Crippen LogP contribution in [0, 0.1) is 0 Å². The van der Waals surface area contributed by atoms with Crippen molar-refractivity contribution in [3.05, 3.63) is 53.1 Å². The average Bonchev–Trinajstić information content (AvgIpc) is 2.61. The Morgan fingerprint density at radius 1 is 0.793 bits per heavy atom. The molecule has 2 aromatic carbocycles. The van der Waals surface area contributed by atoms with E-state index >= 15 is 0 Å². The third-order valence-corrected chi connectivity index (χ3v) is 7.77. The number of rotatable bonds is 5. The molecule has 3 heteroatoms.